The van der Waals surface area contributed by atoms with Crippen LogP contribution in [0.25, 0.3) is 11.2 Å². The molecule has 2 aromatic heterocycles. The van der Waals surface area contributed by atoms with Gasteiger partial charge in [0.2, 0.25) is 11.9 Å². The van der Waals surface area contributed by atoms with Crippen molar-refractivity contribution in [3.8, 4) is 0 Å². The lowest BCUT2D eigenvalue weighted by molar-refractivity contribution is -0.159. The lowest BCUT2D eigenvalue weighted by Gasteiger charge is -2.33. The summed E-state index contributed by atoms with van der Waals surface area (Å²) in [5.74, 6) is -1.90. The normalized spacial score (nSPS) is 20.0. The highest BCUT2D eigenvalue weighted by molar-refractivity contribution is 7.86. The summed E-state index contributed by atoms with van der Waals surface area (Å²) in [5, 5.41) is 2.49. The Morgan fingerprint density at radius 3 is 2.27 bits per heavy atom. The third-order valence-electron chi connectivity index (χ3n) is 6.53. The monoisotopic (exact) mass is 671 g/mol. The first kappa shape index (κ1) is 34.1. The van der Waals surface area contributed by atoms with Gasteiger partial charge < -0.3 is 14.2 Å². The standard InChI is InChI=1S/C26H33N5O12S2/c1-15(2)22(33)29-25-28-21-18(23(34)30-25)27-14-31(21)24-19(42-16(3)32)20(39-11-17-9-7-6-8-10-17)26(43-24,12-40-44(4,35)36)13-41-45(5,37)38/h6-10,14-15,19-20,24H,11-13H2,1-5H3,(H2,28,29,30,33,34)/t19-,20+,24-/m1/s1. The fraction of sp³-hybridized carbons (Fsp3) is 0.500. The van der Waals surface area contributed by atoms with Crippen LogP contribution in [0.1, 0.15) is 32.6 Å². The van der Waals surface area contributed by atoms with Crippen LogP contribution in [0, 0.1) is 5.92 Å². The number of aromatic nitrogens is 4. The van der Waals surface area contributed by atoms with Gasteiger partial charge >= 0.3 is 5.97 Å². The van der Waals surface area contributed by atoms with Gasteiger partial charge in [-0.25, -0.2) is 4.98 Å². The Bertz CT molecular complexity index is 1790. The molecule has 3 atom stereocenters. The van der Waals surface area contributed by atoms with Crippen molar-refractivity contribution in [3.63, 3.8) is 0 Å². The van der Waals surface area contributed by atoms with E-state index in [0.29, 0.717) is 5.56 Å². The third-order valence-corrected chi connectivity index (χ3v) is 7.63. The fourth-order valence-electron chi connectivity index (χ4n) is 4.48. The summed E-state index contributed by atoms with van der Waals surface area (Å²) in [6, 6.07) is 8.75. The molecular formula is C26H33N5O12S2. The van der Waals surface area contributed by atoms with Gasteiger partial charge in [-0.05, 0) is 5.56 Å². The van der Waals surface area contributed by atoms with Gasteiger partial charge in [0.1, 0.15) is 19.3 Å². The number of aromatic amines is 1. The number of rotatable bonds is 13. The fourth-order valence-corrected chi connectivity index (χ4v) is 5.30. The van der Waals surface area contributed by atoms with Crippen molar-refractivity contribution in [1.29, 1.82) is 0 Å². The molecule has 1 fully saturated rings. The van der Waals surface area contributed by atoms with Crippen LogP contribution in [-0.2, 0) is 59.0 Å². The number of anilines is 1. The van der Waals surface area contributed by atoms with Crippen LogP contribution >= 0.6 is 0 Å². The molecule has 19 heteroatoms. The maximum absolute atomic E-state index is 12.9. The predicted octanol–water partition coefficient (Wildman–Crippen LogP) is 0.451. The van der Waals surface area contributed by atoms with Crippen molar-refractivity contribution < 1.29 is 49.0 Å². The molecule has 1 amide bonds. The van der Waals surface area contributed by atoms with Gasteiger partial charge in [-0.2, -0.15) is 21.8 Å². The summed E-state index contributed by atoms with van der Waals surface area (Å²) < 4.78 is 78.0. The third kappa shape index (κ3) is 8.50. The average molecular weight is 672 g/mol. The maximum atomic E-state index is 12.9. The highest BCUT2D eigenvalue weighted by Crippen LogP contribution is 2.43. The number of fused-ring (bicyclic) bond motifs is 1. The minimum absolute atomic E-state index is 0.118. The Morgan fingerprint density at radius 1 is 1.09 bits per heavy atom. The molecule has 0 aliphatic carbocycles. The van der Waals surface area contributed by atoms with E-state index in [1.807, 2.05) is 0 Å². The summed E-state index contributed by atoms with van der Waals surface area (Å²) in [6.45, 7) is 2.61. The first-order valence-electron chi connectivity index (χ1n) is 13.4. The van der Waals surface area contributed by atoms with Gasteiger partial charge in [0.15, 0.2) is 29.1 Å². The summed E-state index contributed by atoms with van der Waals surface area (Å²) in [6.07, 6.45) is -1.59. The zero-order valence-corrected chi connectivity index (χ0v) is 26.6. The molecule has 45 heavy (non-hydrogen) atoms. The van der Waals surface area contributed by atoms with Crippen LogP contribution in [0.3, 0.4) is 0 Å². The molecule has 0 saturated carbocycles. The molecule has 3 heterocycles. The van der Waals surface area contributed by atoms with Crippen LogP contribution in [0.4, 0.5) is 5.95 Å². The number of ether oxygens (including phenoxy) is 3. The average Bonchev–Trinajstić information content (AvgIpc) is 3.48. The molecule has 3 aromatic rings. The first-order chi connectivity index (χ1) is 21.0. The Labute approximate surface area is 258 Å². The minimum atomic E-state index is -4.14. The smallest absolute Gasteiger partial charge is 0.303 e. The van der Waals surface area contributed by atoms with E-state index < -0.39 is 80.8 Å². The van der Waals surface area contributed by atoms with Crippen molar-refractivity contribution in [2.45, 2.75) is 51.4 Å². The molecule has 1 aliphatic rings. The highest BCUT2D eigenvalue weighted by Gasteiger charge is 2.60. The van der Waals surface area contributed by atoms with E-state index in [0.717, 1.165) is 25.8 Å². The van der Waals surface area contributed by atoms with E-state index in [1.165, 1.54) is 4.57 Å². The van der Waals surface area contributed by atoms with Crippen molar-refractivity contribution >= 4 is 49.2 Å². The second-order valence-corrected chi connectivity index (χ2v) is 14.0. The van der Waals surface area contributed by atoms with Crippen molar-refractivity contribution in [2.24, 2.45) is 5.92 Å². The number of imidazole rings is 1. The van der Waals surface area contributed by atoms with E-state index in [4.69, 9.17) is 22.6 Å². The van der Waals surface area contributed by atoms with Gasteiger partial charge in [-0.1, -0.05) is 44.2 Å². The summed E-state index contributed by atoms with van der Waals surface area (Å²) >= 11 is 0. The van der Waals surface area contributed by atoms with Crippen LogP contribution in [0.15, 0.2) is 41.5 Å². The number of benzene rings is 1. The van der Waals surface area contributed by atoms with Gasteiger partial charge in [0.25, 0.3) is 25.8 Å². The van der Waals surface area contributed by atoms with Gasteiger partial charge in [0, 0.05) is 12.8 Å². The second kappa shape index (κ2) is 13.3. The molecule has 1 aliphatic heterocycles. The Balaban J connectivity index is 1.88. The molecule has 0 spiro atoms. The molecule has 0 bridgehead atoms. The number of esters is 1. The Hall–Kier alpha value is -3.75. The van der Waals surface area contributed by atoms with Crippen molar-refractivity contribution in [2.75, 3.05) is 31.0 Å². The van der Waals surface area contributed by atoms with Gasteiger partial charge in [-0.3, -0.25) is 37.6 Å². The topological polar surface area (TPSA) is 224 Å². The predicted molar refractivity (Wildman–Crippen MR) is 157 cm³/mol. The molecule has 4 rings (SSSR count). The number of nitrogens with one attached hydrogen (secondary N) is 2. The van der Waals surface area contributed by atoms with Crippen LogP contribution in [0.5, 0.6) is 0 Å². The van der Waals surface area contributed by atoms with Crippen molar-refractivity contribution in [3.05, 3.63) is 52.6 Å². The Kier molecular flexibility index (Phi) is 10.1. The molecule has 0 radical (unpaired) electrons. The van der Waals surface area contributed by atoms with Crippen molar-refractivity contribution in [1.82, 2.24) is 19.5 Å². The molecule has 17 nitrogen and oxygen atoms in total. The zero-order valence-electron chi connectivity index (χ0n) is 25.0. The largest absolute Gasteiger partial charge is 0.455 e. The highest BCUT2D eigenvalue weighted by atomic mass is 32.2. The summed E-state index contributed by atoms with van der Waals surface area (Å²) in [7, 11) is -8.27. The number of carbonyl (C=O) groups excluding carboxylic acids is 2. The number of nitrogens with zero attached hydrogens (tertiary/aromatic N) is 3. The lowest BCUT2D eigenvalue weighted by atomic mass is 9.96. The number of carbonyl (C=O) groups is 2. The maximum Gasteiger partial charge on any atom is 0.303 e. The van der Waals surface area contributed by atoms with Crippen LogP contribution in [0.2, 0.25) is 0 Å². The molecule has 2 N–H and O–H groups in total. The van der Waals surface area contributed by atoms with E-state index >= 15 is 0 Å². The second-order valence-electron chi connectivity index (χ2n) is 10.7. The molecule has 1 saturated heterocycles. The van der Waals surface area contributed by atoms with Crippen LogP contribution in [-0.4, -0.2) is 91.8 Å². The quantitative estimate of drug-likeness (QED) is 0.186. The number of H-pyrrole nitrogens is 1. The molecule has 246 valence electrons. The van der Waals surface area contributed by atoms with Gasteiger partial charge in [0.05, 0.1) is 25.4 Å². The lowest BCUT2D eigenvalue weighted by Crippen LogP contribution is -2.53. The van der Waals surface area contributed by atoms with Crippen LogP contribution < -0.4 is 10.9 Å². The first-order valence-corrected chi connectivity index (χ1v) is 17.1. The number of hydrogen-bond acceptors (Lipinski definition) is 14. The van der Waals surface area contributed by atoms with E-state index in [2.05, 4.69) is 20.3 Å². The SMILES string of the molecule is CC(=O)O[C@H]1[C@H](n2cnc3c(=O)[nH]c(NC(=O)C(C)C)nc32)OC(COS(C)(=O)=O)(COS(C)(=O)=O)[C@H]1OCc1ccccc1. The zero-order chi connectivity index (χ0) is 33.2. The summed E-state index contributed by atoms with van der Waals surface area (Å²) in [5.41, 5.74) is -2.40. The number of hydrogen-bond donors (Lipinski definition) is 2. The minimum Gasteiger partial charge on any atom is -0.455 e. The number of amides is 1. The van der Waals surface area contributed by atoms with Gasteiger partial charge in [-0.15, -0.1) is 0 Å². The van der Waals surface area contributed by atoms with E-state index in [-0.39, 0.29) is 23.7 Å². The summed E-state index contributed by atoms with van der Waals surface area (Å²) in [4.78, 5) is 48.4. The molecular weight excluding hydrogens is 638 g/mol. The van der Waals surface area contributed by atoms with E-state index in [1.54, 1.807) is 44.2 Å². The Morgan fingerprint density at radius 2 is 1.71 bits per heavy atom. The van der Waals surface area contributed by atoms with E-state index in [9.17, 15) is 31.2 Å². The molecule has 0 unspecified atom stereocenters. The molecule has 1 aromatic carbocycles.